The maximum absolute atomic E-state index is 12.4. The van der Waals surface area contributed by atoms with E-state index in [1.807, 2.05) is 35.8 Å². The van der Waals surface area contributed by atoms with Crippen LogP contribution < -0.4 is 10.1 Å². The smallest absolute Gasteiger partial charge is 0.239 e. The van der Waals surface area contributed by atoms with Crippen LogP contribution in [0.25, 0.3) is 11.4 Å². The van der Waals surface area contributed by atoms with E-state index in [-0.39, 0.29) is 24.1 Å². The first kappa shape index (κ1) is 22.5. The number of aromatic nitrogens is 3. The fourth-order valence-corrected chi connectivity index (χ4v) is 3.39. The maximum Gasteiger partial charge on any atom is 0.239 e. The van der Waals surface area contributed by atoms with E-state index >= 15 is 0 Å². The minimum atomic E-state index is -0.163. The average molecular weight is 418 g/mol. The normalized spacial score (nSPS) is 10.4. The van der Waals surface area contributed by atoms with E-state index in [0.29, 0.717) is 24.1 Å². The molecular formula is C20H27N5O3S. The first-order valence-electron chi connectivity index (χ1n) is 9.32. The number of allylic oxidation sites excluding steroid dienone is 1. The summed E-state index contributed by atoms with van der Waals surface area (Å²) in [7, 11) is 3.23. The predicted octanol–water partition coefficient (Wildman–Crippen LogP) is 2.22. The molecule has 9 heteroatoms. The van der Waals surface area contributed by atoms with Gasteiger partial charge in [0.05, 0.1) is 19.4 Å². The first-order valence-corrected chi connectivity index (χ1v) is 10.3. The van der Waals surface area contributed by atoms with Gasteiger partial charge in [0.15, 0.2) is 11.0 Å². The monoisotopic (exact) mass is 417 g/mol. The molecule has 0 atom stereocenters. The molecule has 0 saturated heterocycles. The number of rotatable bonds is 11. The zero-order valence-electron chi connectivity index (χ0n) is 17.1. The van der Waals surface area contributed by atoms with Gasteiger partial charge in [-0.1, -0.05) is 24.8 Å². The largest absolute Gasteiger partial charge is 0.497 e. The molecule has 0 aliphatic rings. The average Bonchev–Trinajstić information content (AvgIpc) is 3.13. The Kier molecular flexibility index (Phi) is 8.72. The third kappa shape index (κ3) is 6.35. The van der Waals surface area contributed by atoms with E-state index in [0.717, 1.165) is 17.7 Å². The van der Waals surface area contributed by atoms with Gasteiger partial charge >= 0.3 is 0 Å². The fourth-order valence-electron chi connectivity index (χ4n) is 2.50. The molecule has 0 aliphatic heterocycles. The molecule has 1 N–H and O–H groups in total. The lowest BCUT2D eigenvalue weighted by molar-refractivity contribution is -0.132. The Morgan fingerprint density at radius 1 is 1.31 bits per heavy atom. The summed E-state index contributed by atoms with van der Waals surface area (Å²) in [6.07, 6.45) is 2.61. The summed E-state index contributed by atoms with van der Waals surface area (Å²) >= 11 is 1.29. The van der Waals surface area contributed by atoms with Crippen molar-refractivity contribution >= 4 is 23.6 Å². The lowest BCUT2D eigenvalue weighted by Crippen LogP contribution is -2.39. The maximum atomic E-state index is 12.4. The van der Waals surface area contributed by atoms with Gasteiger partial charge in [-0.05, 0) is 30.7 Å². The number of methoxy groups -OCH3 is 1. The zero-order valence-corrected chi connectivity index (χ0v) is 17.9. The number of thioether (sulfide) groups is 1. The van der Waals surface area contributed by atoms with Crippen LogP contribution in [0.5, 0.6) is 5.75 Å². The fraction of sp³-hybridized carbons (Fsp3) is 0.400. The van der Waals surface area contributed by atoms with Crippen LogP contribution in [-0.4, -0.2) is 64.5 Å². The SMILES string of the molecule is C=CCn1c(SCC(=O)N(C)CC(=O)NCCC)nnc1-c1ccc(OC)cc1. The van der Waals surface area contributed by atoms with Gasteiger partial charge in [0.1, 0.15) is 5.75 Å². The third-order valence-corrected chi connectivity index (χ3v) is 5.03. The highest BCUT2D eigenvalue weighted by Gasteiger charge is 2.17. The Morgan fingerprint density at radius 3 is 2.66 bits per heavy atom. The molecule has 1 heterocycles. The molecule has 0 radical (unpaired) electrons. The second-order valence-electron chi connectivity index (χ2n) is 6.32. The van der Waals surface area contributed by atoms with Gasteiger partial charge in [-0.3, -0.25) is 14.2 Å². The van der Waals surface area contributed by atoms with Crippen LogP contribution in [0, 0.1) is 0 Å². The van der Waals surface area contributed by atoms with E-state index in [4.69, 9.17) is 4.74 Å². The topological polar surface area (TPSA) is 89.4 Å². The number of nitrogens with one attached hydrogen (secondary N) is 1. The summed E-state index contributed by atoms with van der Waals surface area (Å²) in [6, 6.07) is 7.53. The van der Waals surface area contributed by atoms with Crippen LogP contribution in [0.2, 0.25) is 0 Å². The van der Waals surface area contributed by atoms with Crippen molar-refractivity contribution in [3.05, 3.63) is 36.9 Å². The van der Waals surface area contributed by atoms with Crippen molar-refractivity contribution in [3.63, 3.8) is 0 Å². The van der Waals surface area contributed by atoms with Gasteiger partial charge in [0.25, 0.3) is 0 Å². The van der Waals surface area contributed by atoms with E-state index in [9.17, 15) is 9.59 Å². The Balaban J connectivity index is 2.04. The number of hydrogen-bond donors (Lipinski definition) is 1. The van der Waals surface area contributed by atoms with Crippen molar-refractivity contribution < 1.29 is 14.3 Å². The quantitative estimate of drug-likeness (QED) is 0.445. The summed E-state index contributed by atoms with van der Waals surface area (Å²) in [4.78, 5) is 25.6. The lowest BCUT2D eigenvalue weighted by atomic mass is 10.2. The summed E-state index contributed by atoms with van der Waals surface area (Å²) in [5.41, 5.74) is 0.892. The molecule has 1 aromatic heterocycles. The van der Waals surface area contributed by atoms with Crippen molar-refractivity contribution in [1.82, 2.24) is 25.0 Å². The molecule has 0 fully saturated rings. The second kappa shape index (κ2) is 11.3. The van der Waals surface area contributed by atoms with E-state index in [1.54, 1.807) is 20.2 Å². The first-order chi connectivity index (χ1) is 14.0. The van der Waals surface area contributed by atoms with Gasteiger partial charge in [-0.25, -0.2) is 0 Å². The van der Waals surface area contributed by atoms with Crippen LogP contribution in [0.15, 0.2) is 42.1 Å². The van der Waals surface area contributed by atoms with Crippen molar-refractivity contribution in [3.8, 4) is 17.1 Å². The molecule has 0 spiro atoms. The van der Waals surface area contributed by atoms with Gasteiger partial charge in [-0.2, -0.15) is 0 Å². The van der Waals surface area contributed by atoms with Crippen molar-refractivity contribution in [2.45, 2.75) is 25.0 Å². The van der Waals surface area contributed by atoms with Crippen LogP contribution in [0.4, 0.5) is 0 Å². The number of likely N-dealkylation sites (N-methyl/N-ethyl adjacent to an activating group) is 1. The highest BCUT2D eigenvalue weighted by Crippen LogP contribution is 2.25. The number of amides is 2. The number of carbonyl (C=O) groups is 2. The minimum Gasteiger partial charge on any atom is -0.497 e. The van der Waals surface area contributed by atoms with Crippen molar-refractivity contribution in [1.29, 1.82) is 0 Å². The molecule has 0 aliphatic carbocycles. The molecule has 29 heavy (non-hydrogen) atoms. The number of carbonyl (C=O) groups excluding carboxylic acids is 2. The van der Waals surface area contributed by atoms with Crippen LogP contribution in [-0.2, 0) is 16.1 Å². The summed E-state index contributed by atoms with van der Waals surface area (Å²) < 4.78 is 7.09. The molecule has 1 aromatic carbocycles. The minimum absolute atomic E-state index is 0.0375. The van der Waals surface area contributed by atoms with Crippen LogP contribution in [0.1, 0.15) is 13.3 Å². The Morgan fingerprint density at radius 2 is 2.03 bits per heavy atom. The molecule has 0 unspecified atom stereocenters. The van der Waals surface area contributed by atoms with Gasteiger partial charge in [0, 0.05) is 25.7 Å². The second-order valence-corrected chi connectivity index (χ2v) is 7.26. The molecule has 2 rings (SSSR count). The van der Waals surface area contributed by atoms with Gasteiger partial charge in [-0.15, -0.1) is 16.8 Å². The highest BCUT2D eigenvalue weighted by molar-refractivity contribution is 7.99. The summed E-state index contributed by atoms with van der Waals surface area (Å²) in [6.45, 7) is 6.93. The zero-order chi connectivity index (χ0) is 21.2. The Labute approximate surface area is 175 Å². The van der Waals surface area contributed by atoms with E-state index < -0.39 is 0 Å². The predicted molar refractivity (Wildman–Crippen MR) is 114 cm³/mol. The standard InChI is InChI=1S/C20H27N5O3S/c1-5-11-21-17(26)13-24(3)18(27)14-29-20-23-22-19(25(20)12-6-2)15-7-9-16(28-4)10-8-15/h6-10H,2,5,11-14H2,1,3-4H3,(H,21,26). The molecule has 8 nitrogen and oxygen atoms in total. The lowest BCUT2D eigenvalue weighted by Gasteiger charge is -2.16. The molecule has 156 valence electrons. The third-order valence-electron chi connectivity index (χ3n) is 4.08. The number of ether oxygens (including phenoxy) is 1. The number of nitrogens with zero attached hydrogens (tertiary/aromatic N) is 4. The van der Waals surface area contributed by atoms with E-state index in [2.05, 4.69) is 22.1 Å². The van der Waals surface area contributed by atoms with E-state index in [1.165, 1.54) is 16.7 Å². The summed E-state index contributed by atoms with van der Waals surface area (Å²) in [5.74, 6) is 1.30. The molecule has 0 saturated carbocycles. The van der Waals surface area contributed by atoms with Crippen molar-refractivity contribution in [2.75, 3.05) is 33.0 Å². The van der Waals surface area contributed by atoms with Crippen LogP contribution in [0.3, 0.4) is 0 Å². The van der Waals surface area contributed by atoms with Gasteiger partial charge < -0.3 is 15.0 Å². The Bertz CT molecular complexity index is 835. The Hall–Kier alpha value is -2.81. The highest BCUT2D eigenvalue weighted by atomic mass is 32.2. The molecule has 2 amide bonds. The molecule has 2 aromatic rings. The van der Waals surface area contributed by atoms with Crippen molar-refractivity contribution in [2.24, 2.45) is 0 Å². The molecule has 0 bridgehead atoms. The van der Waals surface area contributed by atoms with Gasteiger partial charge in [0.2, 0.25) is 11.8 Å². The summed E-state index contributed by atoms with van der Waals surface area (Å²) in [5, 5.41) is 11.9. The van der Waals surface area contributed by atoms with Crippen LogP contribution >= 0.6 is 11.8 Å². The number of hydrogen-bond acceptors (Lipinski definition) is 6. The molecular weight excluding hydrogens is 390 g/mol. The number of benzene rings is 1.